The molecule has 2 aliphatic heterocycles. The number of aromatic amines is 1. The number of piperazine rings is 1. The maximum Gasteiger partial charge on any atom is 0.254 e. The molecule has 3 heterocycles. The molecular weight excluding hydrogens is 538 g/mol. The zero-order chi connectivity index (χ0) is 25.0. The minimum absolute atomic E-state index is 0.0281. The molecule has 0 bridgehead atoms. The Morgan fingerprint density at radius 3 is 2.50 bits per heavy atom. The fourth-order valence-corrected chi connectivity index (χ4v) is 6.16. The number of rotatable bonds is 4. The van der Waals surface area contributed by atoms with Gasteiger partial charge in [0.15, 0.2) is 5.54 Å². The molecule has 4 aromatic rings. The van der Waals surface area contributed by atoms with Crippen molar-refractivity contribution < 1.29 is 9.59 Å². The Bertz CT molecular complexity index is 1480. The number of nitrogens with one attached hydrogen (secondary N) is 1. The number of hydrogen-bond donors (Lipinski definition) is 1. The SMILES string of the molecule is C[C@]12C(=O)N(CCc3ccc(Cl)cc3)CC(=O)N1C[C@@H](c1ccc(Br)cc1)c1c2[nH]c2ccccc12. The van der Waals surface area contributed by atoms with Gasteiger partial charge >= 0.3 is 0 Å². The van der Waals surface area contributed by atoms with Gasteiger partial charge in [0.25, 0.3) is 5.91 Å². The van der Waals surface area contributed by atoms with Crippen molar-refractivity contribution in [3.8, 4) is 0 Å². The lowest BCUT2D eigenvalue weighted by atomic mass is 9.76. The van der Waals surface area contributed by atoms with Crippen molar-refractivity contribution in [3.63, 3.8) is 0 Å². The zero-order valence-electron chi connectivity index (χ0n) is 19.8. The molecule has 0 radical (unpaired) electrons. The van der Waals surface area contributed by atoms with Gasteiger partial charge in [0.05, 0.1) is 12.2 Å². The van der Waals surface area contributed by atoms with Gasteiger partial charge in [0.1, 0.15) is 0 Å². The lowest BCUT2D eigenvalue weighted by Crippen LogP contribution is -2.67. The van der Waals surface area contributed by atoms with Gasteiger partial charge in [0.2, 0.25) is 5.91 Å². The van der Waals surface area contributed by atoms with E-state index in [-0.39, 0.29) is 24.3 Å². The number of carbonyl (C=O) groups excluding carboxylic acids is 2. The van der Waals surface area contributed by atoms with Gasteiger partial charge in [-0.2, -0.15) is 0 Å². The molecular formula is C29H25BrClN3O2. The highest BCUT2D eigenvalue weighted by Crippen LogP contribution is 2.48. The summed E-state index contributed by atoms with van der Waals surface area (Å²) in [4.78, 5) is 34.8. The Labute approximate surface area is 223 Å². The van der Waals surface area contributed by atoms with Gasteiger partial charge in [-0.3, -0.25) is 9.59 Å². The van der Waals surface area contributed by atoms with Crippen molar-refractivity contribution in [1.82, 2.24) is 14.8 Å². The average molecular weight is 563 g/mol. The minimum atomic E-state index is -1.09. The van der Waals surface area contributed by atoms with E-state index in [1.807, 2.05) is 61.5 Å². The van der Waals surface area contributed by atoms with Crippen LogP contribution in [0.2, 0.25) is 5.02 Å². The Morgan fingerprint density at radius 1 is 1.03 bits per heavy atom. The standard InChI is InChI=1S/C29H25BrClN3O2/c1-29-27-26(22-4-2-3-5-24(22)32-27)23(19-8-10-20(30)11-9-19)16-34(29)25(35)17-33(28(29)36)15-14-18-6-12-21(31)13-7-18/h2-13,23,32H,14-17H2,1H3/t23-,29-/m0/s1. The number of halogens is 2. The highest BCUT2D eigenvalue weighted by atomic mass is 79.9. The fourth-order valence-electron chi connectivity index (χ4n) is 5.77. The number of H-pyrrole nitrogens is 1. The molecule has 2 amide bonds. The Kier molecular flexibility index (Phi) is 5.69. The van der Waals surface area contributed by atoms with E-state index in [0.29, 0.717) is 24.5 Å². The minimum Gasteiger partial charge on any atom is -0.356 e. The largest absolute Gasteiger partial charge is 0.356 e. The average Bonchev–Trinajstić information content (AvgIpc) is 3.28. The predicted molar refractivity (Wildman–Crippen MR) is 145 cm³/mol. The van der Waals surface area contributed by atoms with Crippen molar-refractivity contribution in [2.75, 3.05) is 19.6 Å². The van der Waals surface area contributed by atoms with Crippen LogP contribution in [-0.2, 0) is 21.5 Å². The van der Waals surface area contributed by atoms with E-state index in [1.165, 1.54) is 0 Å². The third-order valence-corrected chi connectivity index (χ3v) is 8.45. The van der Waals surface area contributed by atoms with Crippen molar-refractivity contribution in [2.45, 2.75) is 24.8 Å². The summed E-state index contributed by atoms with van der Waals surface area (Å²) in [5.74, 6) is -0.104. The Hall–Kier alpha value is -3.09. The molecule has 182 valence electrons. The van der Waals surface area contributed by atoms with E-state index in [9.17, 15) is 9.59 Å². The van der Waals surface area contributed by atoms with E-state index in [2.05, 4.69) is 39.1 Å². The molecule has 2 aliphatic rings. The number of carbonyl (C=O) groups is 2. The molecule has 1 fully saturated rings. The van der Waals surface area contributed by atoms with E-state index in [4.69, 9.17) is 11.6 Å². The number of nitrogens with zero attached hydrogens (tertiary/aromatic N) is 2. The van der Waals surface area contributed by atoms with Crippen LogP contribution in [0.25, 0.3) is 10.9 Å². The number of hydrogen-bond acceptors (Lipinski definition) is 2. The molecule has 6 rings (SSSR count). The smallest absolute Gasteiger partial charge is 0.254 e. The van der Waals surface area contributed by atoms with Crippen molar-refractivity contribution in [1.29, 1.82) is 0 Å². The summed E-state index contributed by atoms with van der Waals surface area (Å²) in [6.45, 7) is 2.92. The summed E-state index contributed by atoms with van der Waals surface area (Å²) in [5.41, 5.74) is 4.01. The van der Waals surface area contributed by atoms with Gasteiger partial charge in [-0.15, -0.1) is 0 Å². The quantitative estimate of drug-likeness (QED) is 0.339. The summed E-state index contributed by atoms with van der Waals surface area (Å²) in [6, 6.07) is 24.0. The zero-order valence-corrected chi connectivity index (χ0v) is 22.1. The molecule has 0 aliphatic carbocycles. The number of para-hydroxylation sites is 1. The third-order valence-electron chi connectivity index (χ3n) is 7.67. The molecule has 7 heteroatoms. The lowest BCUT2D eigenvalue weighted by Gasteiger charge is -2.51. The first-order valence-corrected chi connectivity index (χ1v) is 13.2. The van der Waals surface area contributed by atoms with E-state index >= 15 is 0 Å². The van der Waals surface area contributed by atoms with Gasteiger partial charge in [-0.25, -0.2) is 0 Å². The first kappa shape index (κ1) is 23.3. The molecule has 36 heavy (non-hydrogen) atoms. The van der Waals surface area contributed by atoms with E-state index in [1.54, 1.807) is 9.80 Å². The molecule has 0 saturated carbocycles. The van der Waals surface area contributed by atoms with Crippen molar-refractivity contribution >= 4 is 50.2 Å². The molecule has 1 saturated heterocycles. The summed E-state index contributed by atoms with van der Waals surface area (Å²) in [7, 11) is 0. The third kappa shape index (κ3) is 3.66. The van der Waals surface area contributed by atoms with Gasteiger partial charge in [-0.1, -0.05) is 70.0 Å². The highest BCUT2D eigenvalue weighted by molar-refractivity contribution is 9.10. The van der Waals surface area contributed by atoms with Crippen LogP contribution in [0, 0.1) is 0 Å². The number of benzene rings is 3. The summed E-state index contributed by atoms with van der Waals surface area (Å²) in [6.07, 6.45) is 0.660. The number of amides is 2. The van der Waals surface area contributed by atoms with Gasteiger partial charge in [0, 0.05) is 39.4 Å². The molecule has 0 unspecified atom stereocenters. The number of aromatic nitrogens is 1. The van der Waals surface area contributed by atoms with Crippen LogP contribution >= 0.6 is 27.5 Å². The monoisotopic (exact) mass is 561 g/mol. The van der Waals surface area contributed by atoms with Crippen LogP contribution in [0.5, 0.6) is 0 Å². The Balaban J connectivity index is 1.43. The van der Waals surface area contributed by atoms with Crippen molar-refractivity contribution in [3.05, 3.63) is 105 Å². The maximum atomic E-state index is 14.1. The topological polar surface area (TPSA) is 56.4 Å². The van der Waals surface area contributed by atoms with Crippen LogP contribution in [0.15, 0.2) is 77.3 Å². The van der Waals surface area contributed by atoms with Gasteiger partial charge in [-0.05, 0) is 60.4 Å². The van der Waals surface area contributed by atoms with E-state index in [0.717, 1.165) is 37.8 Å². The van der Waals surface area contributed by atoms with Crippen LogP contribution in [0.3, 0.4) is 0 Å². The molecule has 1 aromatic heterocycles. The first-order chi connectivity index (χ1) is 17.4. The molecule has 0 spiro atoms. The van der Waals surface area contributed by atoms with Crippen LogP contribution in [0.1, 0.15) is 35.2 Å². The second-order valence-electron chi connectivity index (χ2n) is 9.74. The highest BCUT2D eigenvalue weighted by Gasteiger charge is 2.56. The summed E-state index contributed by atoms with van der Waals surface area (Å²) in [5, 5.41) is 1.78. The second-order valence-corrected chi connectivity index (χ2v) is 11.1. The first-order valence-electron chi connectivity index (χ1n) is 12.1. The lowest BCUT2D eigenvalue weighted by molar-refractivity contribution is -0.166. The molecule has 5 nitrogen and oxygen atoms in total. The molecule has 1 N–H and O–H groups in total. The van der Waals surface area contributed by atoms with Gasteiger partial charge < -0.3 is 14.8 Å². The maximum absolute atomic E-state index is 14.1. The van der Waals surface area contributed by atoms with Crippen LogP contribution in [-0.4, -0.2) is 46.2 Å². The van der Waals surface area contributed by atoms with Crippen LogP contribution < -0.4 is 0 Å². The van der Waals surface area contributed by atoms with E-state index < -0.39 is 5.54 Å². The second kappa shape index (κ2) is 8.79. The fraction of sp³-hybridized carbons (Fsp3) is 0.241. The Morgan fingerprint density at radius 2 is 1.75 bits per heavy atom. The number of fused-ring (bicyclic) bond motifs is 5. The molecule has 2 atom stereocenters. The summed E-state index contributed by atoms with van der Waals surface area (Å²) < 4.78 is 1.01. The predicted octanol–water partition coefficient (Wildman–Crippen LogP) is 5.86. The molecule has 3 aromatic carbocycles. The summed E-state index contributed by atoms with van der Waals surface area (Å²) >= 11 is 9.55. The van der Waals surface area contributed by atoms with Crippen LogP contribution in [0.4, 0.5) is 0 Å². The normalized spacial score (nSPS) is 21.6. The van der Waals surface area contributed by atoms with Crippen molar-refractivity contribution in [2.24, 2.45) is 0 Å².